The van der Waals surface area contributed by atoms with Crippen molar-refractivity contribution in [2.45, 2.75) is 0 Å². The van der Waals surface area contributed by atoms with Crippen LogP contribution in [-0.2, 0) is 0 Å². The number of rotatable bonds is 2. The maximum Gasteiger partial charge on any atom is 0.107 e. The van der Waals surface area contributed by atoms with Gasteiger partial charge in [0.05, 0.1) is 11.9 Å². The summed E-state index contributed by atoms with van der Waals surface area (Å²) in [4.78, 5) is 0.368. The van der Waals surface area contributed by atoms with E-state index in [9.17, 15) is 0 Å². The van der Waals surface area contributed by atoms with E-state index < -0.39 is 0 Å². The van der Waals surface area contributed by atoms with Gasteiger partial charge in [0.15, 0.2) is 0 Å². The molecule has 0 radical (unpaired) electrons. The zero-order chi connectivity index (χ0) is 9.97. The molecule has 0 saturated carbocycles. The maximum atomic E-state index is 5.48. The summed E-state index contributed by atoms with van der Waals surface area (Å²) < 4.78 is 1.74. The summed E-state index contributed by atoms with van der Waals surface area (Å²) in [6, 6.07) is 9.81. The van der Waals surface area contributed by atoms with Crippen LogP contribution in [0, 0.1) is 0 Å². The van der Waals surface area contributed by atoms with Gasteiger partial charge >= 0.3 is 0 Å². The molecule has 0 fully saturated rings. The Hall–Kier alpha value is -1.68. The molecule has 0 saturated heterocycles. The molecule has 0 atom stereocenters. The largest absolute Gasteiger partial charge is 0.389 e. The van der Waals surface area contributed by atoms with Crippen LogP contribution < -0.4 is 5.73 Å². The molecule has 0 amide bonds. The Morgan fingerprint density at radius 1 is 1.29 bits per heavy atom. The normalized spacial score (nSPS) is 10.0. The van der Waals surface area contributed by atoms with Gasteiger partial charge in [0.25, 0.3) is 0 Å². The highest BCUT2D eigenvalue weighted by molar-refractivity contribution is 7.80. The van der Waals surface area contributed by atoms with Crippen molar-refractivity contribution in [1.29, 1.82) is 0 Å². The van der Waals surface area contributed by atoms with Crippen molar-refractivity contribution in [3.63, 3.8) is 0 Å². The molecule has 3 nitrogen and oxygen atoms in total. The highest BCUT2D eigenvalue weighted by Gasteiger charge is 2.01. The lowest BCUT2D eigenvalue weighted by atomic mass is 10.3. The highest BCUT2D eigenvalue weighted by atomic mass is 32.1. The van der Waals surface area contributed by atoms with Crippen LogP contribution in [0.3, 0.4) is 0 Å². The van der Waals surface area contributed by atoms with E-state index in [0.29, 0.717) is 4.99 Å². The third-order valence-electron chi connectivity index (χ3n) is 1.89. The molecule has 0 spiro atoms. The van der Waals surface area contributed by atoms with Crippen LogP contribution >= 0.6 is 12.2 Å². The van der Waals surface area contributed by atoms with Gasteiger partial charge in [0.1, 0.15) is 4.99 Å². The molecule has 1 aromatic heterocycles. The Labute approximate surface area is 87.2 Å². The van der Waals surface area contributed by atoms with Crippen LogP contribution in [-0.4, -0.2) is 14.8 Å². The van der Waals surface area contributed by atoms with Crippen LogP contribution in [0.15, 0.2) is 42.7 Å². The van der Waals surface area contributed by atoms with E-state index in [1.165, 1.54) is 0 Å². The molecule has 0 unspecified atom stereocenters. The zero-order valence-electron chi connectivity index (χ0n) is 7.42. The number of hydrogen-bond donors (Lipinski definition) is 1. The number of thiocarbonyl (C=S) groups is 1. The molecule has 1 aromatic carbocycles. The van der Waals surface area contributed by atoms with Gasteiger partial charge in [0, 0.05) is 11.8 Å². The van der Waals surface area contributed by atoms with Gasteiger partial charge in [-0.15, -0.1) is 0 Å². The second-order valence-corrected chi connectivity index (χ2v) is 3.31. The number of aromatic nitrogens is 2. The summed E-state index contributed by atoms with van der Waals surface area (Å²) in [5, 5.41) is 4.16. The first-order valence-corrected chi connectivity index (χ1v) is 4.58. The predicted octanol–water partition coefficient (Wildman–Crippen LogP) is 1.51. The molecule has 1 heterocycles. The summed E-state index contributed by atoms with van der Waals surface area (Å²) in [6.07, 6.45) is 3.48. The van der Waals surface area contributed by atoms with E-state index in [4.69, 9.17) is 18.0 Å². The molecule has 2 N–H and O–H groups in total. The minimum atomic E-state index is 0.368. The van der Waals surface area contributed by atoms with Crippen molar-refractivity contribution < 1.29 is 0 Å². The Morgan fingerprint density at radius 2 is 2.00 bits per heavy atom. The van der Waals surface area contributed by atoms with Gasteiger partial charge < -0.3 is 5.73 Å². The van der Waals surface area contributed by atoms with E-state index in [0.717, 1.165) is 11.3 Å². The van der Waals surface area contributed by atoms with Crippen LogP contribution in [0.5, 0.6) is 0 Å². The molecule has 4 heteroatoms. The first-order valence-electron chi connectivity index (χ1n) is 4.17. The van der Waals surface area contributed by atoms with Gasteiger partial charge in [-0.2, -0.15) is 5.10 Å². The van der Waals surface area contributed by atoms with Gasteiger partial charge in [-0.3, -0.25) is 0 Å². The first kappa shape index (κ1) is 8.90. The van der Waals surface area contributed by atoms with Crippen molar-refractivity contribution in [3.05, 3.63) is 48.3 Å². The quantitative estimate of drug-likeness (QED) is 0.752. The fourth-order valence-electron chi connectivity index (χ4n) is 1.17. The first-order chi connectivity index (χ1) is 6.77. The van der Waals surface area contributed by atoms with Crippen LogP contribution in [0.25, 0.3) is 5.69 Å². The Morgan fingerprint density at radius 3 is 2.57 bits per heavy atom. The monoisotopic (exact) mass is 203 g/mol. The van der Waals surface area contributed by atoms with Gasteiger partial charge in [-0.25, -0.2) is 4.68 Å². The van der Waals surface area contributed by atoms with Gasteiger partial charge in [0.2, 0.25) is 0 Å². The summed E-state index contributed by atoms with van der Waals surface area (Å²) in [7, 11) is 0. The summed E-state index contributed by atoms with van der Waals surface area (Å²) in [6.45, 7) is 0. The molecule has 14 heavy (non-hydrogen) atoms. The number of para-hydroxylation sites is 1. The van der Waals surface area contributed by atoms with Crippen molar-refractivity contribution in [3.8, 4) is 5.69 Å². The zero-order valence-corrected chi connectivity index (χ0v) is 8.24. The SMILES string of the molecule is NC(=S)c1cnn(-c2ccccc2)c1. The van der Waals surface area contributed by atoms with Crippen molar-refractivity contribution in [2.75, 3.05) is 0 Å². The Kier molecular flexibility index (Phi) is 2.28. The minimum absolute atomic E-state index is 0.368. The third-order valence-corrected chi connectivity index (χ3v) is 2.12. The Balaban J connectivity index is 2.39. The van der Waals surface area contributed by atoms with E-state index in [1.54, 1.807) is 10.9 Å². The average Bonchev–Trinajstić information content (AvgIpc) is 2.68. The molecule has 2 rings (SSSR count). The van der Waals surface area contributed by atoms with E-state index in [-0.39, 0.29) is 0 Å². The predicted molar refractivity (Wildman–Crippen MR) is 59.5 cm³/mol. The molecule has 0 aliphatic carbocycles. The van der Waals surface area contributed by atoms with E-state index in [2.05, 4.69) is 5.10 Å². The second kappa shape index (κ2) is 3.59. The lowest BCUT2D eigenvalue weighted by Gasteiger charge is -1.98. The Bertz CT molecular complexity index is 447. The molecule has 2 aromatic rings. The summed E-state index contributed by atoms with van der Waals surface area (Å²) in [5.41, 5.74) is 7.26. The average molecular weight is 203 g/mol. The van der Waals surface area contributed by atoms with Crippen molar-refractivity contribution in [1.82, 2.24) is 9.78 Å². The van der Waals surface area contributed by atoms with Gasteiger partial charge in [-0.1, -0.05) is 30.4 Å². The smallest absolute Gasteiger partial charge is 0.107 e. The van der Waals surface area contributed by atoms with Gasteiger partial charge in [-0.05, 0) is 12.1 Å². The highest BCUT2D eigenvalue weighted by Crippen LogP contribution is 2.07. The standard InChI is InChI=1S/C10H9N3S/c11-10(14)8-6-12-13(7-8)9-4-2-1-3-5-9/h1-7H,(H2,11,14). The van der Waals surface area contributed by atoms with E-state index in [1.807, 2.05) is 36.5 Å². The molecule has 0 aliphatic heterocycles. The number of nitrogens with two attached hydrogens (primary N) is 1. The molecular formula is C10H9N3S. The van der Waals surface area contributed by atoms with E-state index >= 15 is 0 Å². The van der Waals surface area contributed by atoms with Crippen LogP contribution in [0.1, 0.15) is 5.56 Å². The molecule has 70 valence electrons. The third kappa shape index (κ3) is 1.65. The lowest BCUT2D eigenvalue weighted by Crippen LogP contribution is -2.07. The molecular weight excluding hydrogens is 194 g/mol. The summed E-state index contributed by atoms with van der Waals surface area (Å²) in [5.74, 6) is 0. The molecule has 0 aliphatic rings. The van der Waals surface area contributed by atoms with Crippen LogP contribution in [0.2, 0.25) is 0 Å². The fraction of sp³-hybridized carbons (Fsp3) is 0. The number of benzene rings is 1. The lowest BCUT2D eigenvalue weighted by molar-refractivity contribution is 0.880. The molecule has 0 bridgehead atoms. The maximum absolute atomic E-state index is 5.48. The topological polar surface area (TPSA) is 43.8 Å². The minimum Gasteiger partial charge on any atom is -0.389 e. The fourth-order valence-corrected chi connectivity index (χ4v) is 1.28. The second-order valence-electron chi connectivity index (χ2n) is 2.87. The number of hydrogen-bond acceptors (Lipinski definition) is 2. The van der Waals surface area contributed by atoms with Crippen LogP contribution in [0.4, 0.5) is 0 Å². The van der Waals surface area contributed by atoms with Crippen molar-refractivity contribution >= 4 is 17.2 Å². The summed E-state index contributed by atoms with van der Waals surface area (Å²) >= 11 is 4.85. The number of nitrogens with zero attached hydrogens (tertiary/aromatic N) is 2. The van der Waals surface area contributed by atoms with Crippen molar-refractivity contribution in [2.24, 2.45) is 5.73 Å².